The molecule has 3 nitrogen and oxygen atoms in total. The second kappa shape index (κ2) is 3.10. The zero-order valence-corrected chi connectivity index (χ0v) is 9.69. The van der Waals surface area contributed by atoms with Gasteiger partial charge in [0.15, 0.2) is 11.0 Å². The average molecular weight is 236 g/mol. The summed E-state index contributed by atoms with van der Waals surface area (Å²) in [7, 11) is 0. The van der Waals surface area contributed by atoms with Crippen LogP contribution in [0.15, 0.2) is 12.4 Å². The predicted molar refractivity (Wildman–Crippen MR) is 62.3 cm³/mol. The van der Waals surface area contributed by atoms with Crippen LogP contribution < -0.4 is 5.32 Å². The fourth-order valence-electron chi connectivity index (χ4n) is 4.09. The largest absolute Gasteiger partial charge is 0.364 e. The SMILES string of the molecule is Clc1nccnc1NC1C2C3CCC(C3)C12. The Bertz CT molecular complexity index is 420. The standard InChI is InChI=1S/C12H14ClN3/c13-11-12(15-4-3-14-11)16-10-8-6-1-2-7(5-6)9(8)10/h3-4,6-10H,1-2,5H2,(H,15,16). The lowest BCUT2D eigenvalue weighted by atomic mass is 10.0. The molecule has 4 heteroatoms. The van der Waals surface area contributed by atoms with Crippen molar-refractivity contribution in [3.8, 4) is 0 Å². The van der Waals surface area contributed by atoms with Crippen LogP contribution in [0.3, 0.4) is 0 Å². The highest BCUT2D eigenvalue weighted by atomic mass is 35.5. The van der Waals surface area contributed by atoms with E-state index in [4.69, 9.17) is 11.6 Å². The molecule has 0 spiro atoms. The smallest absolute Gasteiger partial charge is 0.171 e. The quantitative estimate of drug-likeness (QED) is 0.856. The van der Waals surface area contributed by atoms with Crippen LogP contribution in [-0.2, 0) is 0 Å². The van der Waals surface area contributed by atoms with Gasteiger partial charge in [-0.1, -0.05) is 11.6 Å². The van der Waals surface area contributed by atoms with E-state index in [9.17, 15) is 0 Å². The van der Waals surface area contributed by atoms with E-state index in [1.165, 1.54) is 19.3 Å². The minimum atomic E-state index is 0.500. The first kappa shape index (κ1) is 9.23. The van der Waals surface area contributed by atoms with Gasteiger partial charge in [-0.3, -0.25) is 0 Å². The third-order valence-electron chi connectivity index (χ3n) is 4.69. The van der Waals surface area contributed by atoms with Gasteiger partial charge in [0.1, 0.15) is 0 Å². The Labute approximate surface area is 99.6 Å². The van der Waals surface area contributed by atoms with Crippen molar-refractivity contribution in [1.82, 2.24) is 9.97 Å². The van der Waals surface area contributed by atoms with Gasteiger partial charge in [0, 0.05) is 18.4 Å². The number of halogens is 1. The van der Waals surface area contributed by atoms with E-state index < -0.39 is 0 Å². The summed E-state index contributed by atoms with van der Waals surface area (Å²) in [6.07, 6.45) is 7.68. The summed E-state index contributed by atoms with van der Waals surface area (Å²) in [6, 6.07) is 0.625. The van der Waals surface area contributed by atoms with E-state index in [-0.39, 0.29) is 0 Å². The zero-order valence-electron chi connectivity index (χ0n) is 8.94. The van der Waals surface area contributed by atoms with Crippen LogP contribution in [0.5, 0.6) is 0 Å². The maximum absolute atomic E-state index is 6.01. The van der Waals surface area contributed by atoms with E-state index >= 15 is 0 Å². The average Bonchev–Trinajstić information content (AvgIpc) is 2.71. The summed E-state index contributed by atoms with van der Waals surface area (Å²) in [5.41, 5.74) is 0. The van der Waals surface area contributed by atoms with E-state index in [0.29, 0.717) is 11.2 Å². The fraction of sp³-hybridized carbons (Fsp3) is 0.667. The lowest BCUT2D eigenvalue weighted by Crippen LogP contribution is -2.14. The molecule has 84 valence electrons. The molecule has 0 amide bonds. The number of rotatable bonds is 2. The molecule has 0 aromatic carbocycles. The van der Waals surface area contributed by atoms with Gasteiger partial charge in [-0.05, 0) is 42.9 Å². The number of nitrogens with one attached hydrogen (secondary N) is 1. The maximum atomic E-state index is 6.01. The molecular formula is C12H14ClN3. The molecule has 16 heavy (non-hydrogen) atoms. The summed E-state index contributed by atoms with van der Waals surface area (Å²) in [5.74, 6) is 4.52. The third-order valence-corrected chi connectivity index (χ3v) is 4.97. The second-order valence-corrected chi connectivity index (χ2v) is 5.71. The molecule has 1 aromatic heterocycles. The van der Waals surface area contributed by atoms with Crippen molar-refractivity contribution < 1.29 is 0 Å². The van der Waals surface area contributed by atoms with E-state index in [2.05, 4.69) is 15.3 Å². The minimum Gasteiger partial charge on any atom is -0.364 e. The van der Waals surface area contributed by atoms with Gasteiger partial charge in [-0.15, -0.1) is 0 Å². The molecule has 1 N–H and O–H groups in total. The van der Waals surface area contributed by atoms with Gasteiger partial charge in [-0.25, -0.2) is 9.97 Å². The van der Waals surface area contributed by atoms with Gasteiger partial charge in [0.2, 0.25) is 0 Å². The Hall–Kier alpha value is -0.830. The first-order valence-electron chi connectivity index (χ1n) is 6.07. The van der Waals surface area contributed by atoms with Gasteiger partial charge >= 0.3 is 0 Å². The van der Waals surface area contributed by atoms with Crippen molar-refractivity contribution in [1.29, 1.82) is 0 Å². The number of aromatic nitrogens is 2. The molecule has 1 heterocycles. The molecule has 3 aliphatic rings. The van der Waals surface area contributed by atoms with Gasteiger partial charge in [0.05, 0.1) is 0 Å². The molecule has 3 fully saturated rings. The van der Waals surface area contributed by atoms with Crippen LogP contribution in [0.1, 0.15) is 19.3 Å². The summed E-state index contributed by atoms with van der Waals surface area (Å²) < 4.78 is 0. The number of hydrogen-bond donors (Lipinski definition) is 1. The maximum Gasteiger partial charge on any atom is 0.171 e. The predicted octanol–water partition coefficient (Wildman–Crippen LogP) is 2.59. The van der Waals surface area contributed by atoms with Crippen LogP contribution >= 0.6 is 11.6 Å². The highest BCUT2D eigenvalue weighted by Gasteiger charge is 2.65. The molecule has 0 aliphatic heterocycles. The normalized spacial score (nSPS) is 43.2. The number of hydrogen-bond acceptors (Lipinski definition) is 3. The lowest BCUT2D eigenvalue weighted by molar-refractivity contribution is 0.456. The topological polar surface area (TPSA) is 37.8 Å². The van der Waals surface area contributed by atoms with Crippen LogP contribution in [0.2, 0.25) is 5.15 Å². The summed E-state index contributed by atoms with van der Waals surface area (Å²) >= 11 is 6.01. The Morgan fingerprint density at radius 2 is 1.81 bits per heavy atom. The van der Waals surface area contributed by atoms with E-state index in [1.807, 2.05) is 0 Å². The van der Waals surface area contributed by atoms with Crippen molar-refractivity contribution in [2.45, 2.75) is 25.3 Å². The van der Waals surface area contributed by atoms with Gasteiger partial charge < -0.3 is 5.32 Å². The Morgan fingerprint density at radius 1 is 1.12 bits per heavy atom. The first-order chi connectivity index (χ1) is 7.84. The molecule has 1 aromatic rings. The fourth-order valence-corrected chi connectivity index (χ4v) is 4.25. The highest BCUT2D eigenvalue weighted by Crippen LogP contribution is 2.66. The first-order valence-corrected chi connectivity index (χ1v) is 6.45. The molecule has 3 aliphatic carbocycles. The molecular weight excluding hydrogens is 222 g/mol. The van der Waals surface area contributed by atoms with Gasteiger partial charge in [-0.2, -0.15) is 0 Å². The molecule has 4 atom stereocenters. The summed E-state index contributed by atoms with van der Waals surface area (Å²) in [6.45, 7) is 0. The summed E-state index contributed by atoms with van der Waals surface area (Å²) in [5, 5.41) is 3.98. The molecule has 4 rings (SSSR count). The number of nitrogens with zero attached hydrogens (tertiary/aromatic N) is 2. The van der Waals surface area contributed by atoms with Crippen molar-refractivity contribution in [3.05, 3.63) is 17.5 Å². The minimum absolute atomic E-state index is 0.500. The van der Waals surface area contributed by atoms with Crippen molar-refractivity contribution in [2.24, 2.45) is 23.7 Å². The van der Waals surface area contributed by atoms with Crippen molar-refractivity contribution in [3.63, 3.8) is 0 Å². The number of anilines is 1. The van der Waals surface area contributed by atoms with Gasteiger partial charge in [0.25, 0.3) is 0 Å². The molecule has 0 saturated heterocycles. The zero-order chi connectivity index (χ0) is 10.7. The highest BCUT2D eigenvalue weighted by molar-refractivity contribution is 6.31. The second-order valence-electron chi connectivity index (χ2n) is 5.35. The van der Waals surface area contributed by atoms with Crippen LogP contribution in [-0.4, -0.2) is 16.0 Å². The monoisotopic (exact) mass is 235 g/mol. The molecule has 3 saturated carbocycles. The molecule has 4 unspecified atom stereocenters. The Kier molecular flexibility index (Phi) is 1.79. The molecule has 0 radical (unpaired) electrons. The number of fused-ring (bicyclic) bond motifs is 5. The van der Waals surface area contributed by atoms with Crippen molar-refractivity contribution >= 4 is 17.4 Å². The van der Waals surface area contributed by atoms with E-state index in [0.717, 1.165) is 29.5 Å². The Balaban J connectivity index is 1.53. The van der Waals surface area contributed by atoms with Crippen LogP contribution in [0, 0.1) is 23.7 Å². The molecule has 2 bridgehead atoms. The third kappa shape index (κ3) is 1.15. The lowest BCUT2D eigenvalue weighted by Gasteiger charge is -2.11. The van der Waals surface area contributed by atoms with Crippen LogP contribution in [0.4, 0.5) is 5.82 Å². The van der Waals surface area contributed by atoms with Crippen molar-refractivity contribution in [2.75, 3.05) is 5.32 Å². The Morgan fingerprint density at radius 3 is 2.50 bits per heavy atom. The van der Waals surface area contributed by atoms with Crippen LogP contribution in [0.25, 0.3) is 0 Å². The summed E-state index contributed by atoms with van der Waals surface area (Å²) in [4.78, 5) is 8.30. The van der Waals surface area contributed by atoms with E-state index in [1.54, 1.807) is 12.4 Å².